The van der Waals surface area contributed by atoms with Gasteiger partial charge in [0.1, 0.15) is 10.8 Å². The monoisotopic (exact) mass is 336 g/mol. The highest BCUT2D eigenvalue weighted by molar-refractivity contribution is 7.13. The number of para-hydroxylation sites is 1. The van der Waals surface area contributed by atoms with Crippen molar-refractivity contribution in [2.75, 3.05) is 5.73 Å². The second kappa shape index (κ2) is 5.90. The summed E-state index contributed by atoms with van der Waals surface area (Å²) in [4.78, 5) is 4.61. The summed E-state index contributed by atoms with van der Waals surface area (Å²) in [5.41, 5.74) is 9.45. The van der Waals surface area contributed by atoms with Crippen molar-refractivity contribution in [2.45, 2.75) is 0 Å². The highest BCUT2D eigenvalue weighted by atomic mass is 32.1. The van der Waals surface area contributed by atoms with Crippen molar-refractivity contribution >= 4 is 17.2 Å². The first kappa shape index (κ1) is 14.6. The van der Waals surface area contributed by atoms with Crippen LogP contribution in [0.3, 0.4) is 0 Å². The van der Waals surface area contributed by atoms with Crippen LogP contribution in [0.2, 0.25) is 0 Å². The molecule has 6 heteroatoms. The van der Waals surface area contributed by atoms with Crippen LogP contribution in [0.15, 0.2) is 66.2 Å². The molecule has 4 rings (SSSR count). The molecule has 0 unspecified atom stereocenters. The Kier molecular flexibility index (Phi) is 3.59. The third-order valence-corrected chi connectivity index (χ3v) is 4.51. The van der Waals surface area contributed by atoms with Crippen LogP contribution in [0, 0.1) is 5.82 Å². The summed E-state index contributed by atoms with van der Waals surface area (Å²) in [6.45, 7) is 0. The Morgan fingerprint density at radius 1 is 1.00 bits per heavy atom. The minimum atomic E-state index is -0.261. The number of anilines is 1. The molecule has 0 spiro atoms. The lowest BCUT2D eigenvalue weighted by molar-refractivity contribution is 0.628. The maximum Gasteiger partial charge on any atom is 0.156 e. The molecular weight excluding hydrogens is 323 g/mol. The van der Waals surface area contributed by atoms with Crippen LogP contribution in [0.25, 0.3) is 27.5 Å². The summed E-state index contributed by atoms with van der Waals surface area (Å²) in [5, 5.41) is 7.08. The fourth-order valence-corrected chi connectivity index (χ4v) is 3.26. The molecule has 2 aromatic carbocycles. The maximum absolute atomic E-state index is 13.0. The molecule has 0 bridgehead atoms. The van der Waals surface area contributed by atoms with E-state index in [0.29, 0.717) is 5.82 Å². The largest absolute Gasteiger partial charge is 0.382 e. The first-order valence-electron chi connectivity index (χ1n) is 7.33. The van der Waals surface area contributed by atoms with Crippen molar-refractivity contribution in [3.63, 3.8) is 0 Å². The molecule has 0 saturated carbocycles. The van der Waals surface area contributed by atoms with Gasteiger partial charge in [0.15, 0.2) is 5.82 Å². The lowest BCUT2D eigenvalue weighted by Gasteiger charge is -1.98. The van der Waals surface area contributed by atoms with Gasteiger partial charge < -0.3 is 5.73 Å². The molecule has 24 heavy (non-hydrogen) atoms. The van der Waals surface area contributed by atoms with Crippen molar-refractivity contribution in [2.24, 2.45) is 0 Å². The standard InChI is InChI=1S/C18H13FN4S/c19-13-8-6-12(7-9-13)16-11-24-18(21-16)15-10-23(22-17(15)20)14-4-2-1-3-5-14/h1-11H,(H2,20,22). The number of hydrogen-bond acceptors (Lipinski definition) is 4. The molecule has 0 amide bonds. The molecule has 0 aliphatic heterocycles. The quantitative estimate of drug-likeness (QED) is 0.604. The van der Waals surface area contributed by atoms with Crippen molar-refractivity contribution in [3.8, 4) is 27.5 Å². The predicted octanol–water partition coefficient (Wildman–Crippen LogP) is 4.38. The minimum Gasteiger partial charge on any atom is -0.382 e. The van der Waals surface area contributed by atoms with E-state index in [1.54, 1.807) is 16.8 Å². The first-order valence-corrected chi connectivity index (χ1v) is 8.21. The van der Waals surface area contributed by atoms with Gasteiger partial charge in [-0.15, -0.1) is 16.4 Å². The van der Waals surface area contributed by atoms with Gasteiger partial charge in [-0.1, -0.05) is 18.2 Å². The van der Waals surface area contributed by atoms with Crippen molar-refractivity contribution in [1.82, 2.24) is 14.8 Å². The SMILES string of the molecule is Nc1nn(-c2ccccc2)cc1-c1nc(-c2ccc(F)cc2)cs1. The third-order valence-electron chi connectivity index (χ3n) is 3.64. The Hall–Kier alpha value is -2.99. The van der Waals surface area contributed by atoms with Crippen LogP contribution in [0.4, 0.5) is 10.2 Å². The van der Waals surface area contributed by atoms with Crippen LogP contribution in [-0.2, 0) is 0 Å². The van der Waals surface area contributed by atoms with Crippen molar-refractivity contribution in [1.29, 1.82) is 0 Å². The highest BCUT2D eigenvalue weighted by Crippen LogP contribution is 2.32. The van der Waals surface area contributed by atoms with Crippen molar-refractivity contribution < 1.29 is 4.39 Å². The number of nitrogens with zero attached hydrogens (tertiary/aromatic N) is 3. The lowest BCUT2D eigenvalue weighted by atomic mass is 10.2. The fraction of sp³-hybridized carbons (Fsp3) is 0. The zero-order valence-electron chi connectivity index (χ0n) is 12.6. The number of rotatable bonds is 3. The van der Waals surface area contributed by atoms with Gasteiger partial charge in [-0.05, 0) is 36.4 Å². The smallest absolute Gasteiger partial charge is 0.156 e. The van der Waals surface area contributed by atoms with E-state index in [9.17, 15) is 4.39 Å². The average Bonchev–Trinajstić information content (AvgIpc) is 3.23. The van der Waals surface area contributed by atoms with E-state index >= 15 is 0 Å². The molecule has 4 nitrogen and oxygen atoms in total. The van der Waals surface area contributed by atoms with E-state index in [1.807, 2.05) is 41.9 Å². The Balaban J connectivity index is 1.70. The van der Waals surface area contributed by atoms with Crippen LogP contribution in [-0.4, -0.2) is 14.8 Å². The summed E-state index contributed by atoms with van der Waals surface area (Å²) >= 11 is 1.49. The second-order valence-electron chi connectivity index (χ2n) is 5.25. The maximum atomic E-state index is 13.0. The molecule has 0 radical (unpaired) electrons. The van der Waals surface area contributed by atoms with Gasteiger partial charge in [0.2, 0.25) is 0 Å². The number of nitrogen functional groups attached to an aromatic ring is 1. The predicted molar refractivity (Wildman–Crippen MR) is 94.5 cm³/mol. The van der Waals surface area contributed by atoms with Gasteiger partial charge >= 0.3 is 0 Å². The molecular formula is C18H13FN4S. The van der Waals surface area contributed by atoms with E-state index in [4.69, 9.17) is 5.73 Å². The summed E-state index contributed by atoms with van der Waals surface area (Å²) in [6, 6.07) is 16.0. The Morgan fingerprint density at radius 3 is 2.50 bits per heavy atom. The van der Waals surface area contributed by atoms with E-state index in [-0.39, 0.29) is 5.82 Å². The van der Waals surface area contributed by atoms with Crippen LogP contribution in [0.1, 0.15) is 0 Å². The summed E-state index contributed by atoms with van der Waals surface area (Å²) < 4.78 is 14.8. The van der Waals surface area contributed by atoms with Gasteiger partial charge in [0.25, 0.3) is 0 Å². The number of benzene rings is 2. The number of halogens is 1. The fourth-order valence-electron chi connectivity index (χ4n) is 2.42. The molecule has 0 fully saturated rings. The number of nitrogens with two attached hydrogens (primary N) is 1. The molecule has 4 aromatic rings. The minimum absolute atomic E-state index is 0.261. The second-order valence-corrected chi connectivity index (χ2v) is 6.11. The molecule has 2 N–H and O–H groups in total. The Morgan fingerprint density at radius 2 is 1.75 bits per heavy atom. The molecule has 2 aromatic heterocycles. The van der Waals surface area contributed by atoms with Gasteiger partial charge in [-0.25, -0.2) is 14.1 Å². The van der Waals surface area contributed by atoms with Gasteiger partial charge in [0.05, 0.1) is 16.9 Å². The van der Waals surface area contributed by atoms with Gasteiger partial charge in [0, 0.05) is 17.1 Å². The summed E-state index contributed by atoms with van der Waals surface area (Å²) in [6.07, 6.45) is 1.87. The summed E-state index contributed by atoms with van der Waals surface area (Å²) in [7, 11) is 0. The zero-order chi connectivity index (χ0) is 16.5. The third kappa shape index (κ3) is 2.68. The van der Waals surface area contributed by atoms with E-state index in [2.05, 4.69) is 10.1 Å². The topological polar surface area (TPSA) is 56.7 Å². The number of thiazole rings is 1. The molecule has 118 valence electrons. The Bertz CT molecular complexity index is 974. The molecule has 0 saturated heterocycles. The molecule has 0 aliphatic rings. The molecule has 0 atom stereocenters. The number of hydrogen-bond donors (Lipinski definition) is 1. The molecule has 0 aliphatic carbocycles. The van der Waals surface area contributed by atoms with E-state index in [0.717, 1.165) is 27.5 Å². The summed E-state index contributed by atoms with van der Waals surface area (Å²) in [5.74, 6) is 0.168. The molecule has 2 heterocycles. The first-order chi connectivity index (χ1) is 11.7. The normalized spacial score (nSPS) is 10.9. The van der Waals surface area contributed by atoms with Gasteiger partial charge in [-0.2, -0.15) is 0 Å². The zero-order valence-corrected chi connectivity index (χ0v) is 13.4. The average molecular weight is 336 g/mol. The number of aromatic nitrogens is 3. The van der Waals surface area contributed by atoms with E-state index in [1.165, 1.54) is 23.5 Å². The van der Waals surface area contributed by atoms with Gasteiger partial charge in [-0.3, -0.25) is 0 Å². The van der Waals surface area contributed by atoms with Crippen LogP contribution in [0.5, 0.6) is 0 Å². The van der Waals surface area contributed by atoms with Crippen LogP contribution < -0.4 is 5.73 Å². The highest BCUT2D eigenvalue weighted by Gasteiger charge is 2.14. The lowest BCUT2D eigenvalue weighted by Crippen LogP contribution is -1.95. The van der Waals surface area contributed by atoms with Crippen molar-refractivity contribution in [3.05, 3.63) is 72.0 Å². The van der Waals surface area contributed by atoms with E-state index < -0.39 is 0 Å². The van der Waals surface area contributed by atoms with Crippen LogP contribution >= 0.6 is 11.3 Å². The Labute approximate surface area is 142 Å².